The summed E-state index contributed by atoms with van der Waals surface area (Å²) < 4.78 is 3.24. The first kappa shape index (κ1) is 17.8. The summed E-state index contributed by atoms with van der Waals surface area (Å²) in [7, 11) is 0. The molecule has 24 heavy (non-hydrogen) atoms. The molecule has 2 aliphatic rings. The van der Waals surface area contributed by atoms with Crippen molar-refractivity contribution in [3.8, 4) is 0 Å². The van der Waals surface area contributed by atoms with E-state index in [-0.39, 0.29) is 18.3 Å². The van der Waals surface area contributed by atoms with Gasteiger partial charge in [-0.25, -0.2) is 0 Å². The minimum Gasteiger partial charge on any atom is -0.338 e. The molecule has 0 radical (unpaired) electrons. The van der Waals surface area contributed by atoms with E-state index in [1.807, 2.05) is 16.3 Å². The highest BCUT2D eigenvalue weighted by molar-refractivity contribution is 9.10. The zero-order chi connectivity index (χ0) is 15.8. The molecular formula is C15H19BrClN5OS. The number of carbonyl (C=O) groups is 1. The Balaban J connectivity index is 0.00000169. The Morgan fingerprint density at radius 3 is 2.79 bits per heavy atom. The third-order valence-corrected chi connectivity index (χ3v) is 6.26. The van der Waals surface area contributed by atoms with Crippen molar-refractivity contribution < 1.29 is 4.79 Å². The van der Waals surface area contributed by atoms with Gasteiger partial charge in [-0.1, -0.05) is 0 Å². The van der Waals surface area contributed by atoms with E-state index in [4.69, 9.17) is 0 Å². The lowest BCUT2D eigenvalue weighted by Gasteiger charge is -2.31. The fourth-order valence-corrected chi connectivity index (χ4v) is 4.73. The fraction of sp³-hybridized carbons (Fsp3) is 0.533. The third kappa shape index (κ3) is 3.37. The number of amides is 1. The van der Waals surface area contributed by atoms with Gasteiger partial charge in [0.05, 0.1) is 11.4 Å². The normalized spacial score (nSPS) is 18.1. The van der Waals surface area contributed by atoms with Crippen molar-refractivity contribution in [1.29, 1.82) is 0 Å². The molecule has 4 rings (SSSR count). The van der Waals surface area contributed by atoms with Crippen LogP contribution in [0.1, 0.15) is 40.1 Å². The predicted molar refractivity (Wildman–Crippen MR) is 98.9 cm³/mol. The van der Waals surface area contributed by atoms with Crippen LogP contribution in [0, 0.1) is 0 Å². The van der Waals surface area contributed by atoms with E-state index < -0.39 is 0 Å². The number of aromatic nitrogens is 3. The summed E-state index contributed by atoms with van der Waals surface area (Å²) in [5.74, 6) is 2.70. The number of fused-ring (bicyclic) bond motifs is 1. The Morgan fingerprint density at radius 2 is 2.08 bits per heavy atom. The number of nitrogens with one attached hydrogen (secondary N) is 1. The third-order valence-electron chi connectivity index (χ3n) is 4.58. The van der Waals surface area contributed by atoms with E-state index in [9.17, 15) is 4.79 Å². The quantitative estimate of drug-likeness (QED) is 0.792. The molecule has 0 aliphatic carbocycles. The lowest BCUT2D eigenvalue weighted by atomic mass is 9.95. The minimum absolute atomic E-state index is 0. The van der Waals surface area contributed by atoms with Crippen LogP contribution >= 0.6 is 39.7 Å². The summed E-state index contributed by atoms with van der Waals surface area (Å²) >= 11 is 4.91. The van der Waals surface area contributed by atoms with Gasteiger partial charge < -0.3 is 14.8 Å². The topological polar surface area (TPSA) is 63.1 Å². The maximum Gasteiger partial charge on any atom is 0.263 e. The summed E-state index contributed by atoms with van der Waals surface area (Å²) in [6.45, 7) is 4.30. The molecule has 1 amide bonds. The van der Waals surface area contributed by atoms with Crippen LogP contribution in [0.15, 0.2) is 15.9 Å². The average molecular weight is 433 g/mol. The van der Waals surface area contributed by atoms with Gasteiger partial charge in [0.1, 0.15) is 11.6 Å². The molecule has 0 spiro atoms. The van der Waals surface area contributed by atoms with E-state index in [0.717, 1.165) is 66.6 Å². The fourth-order valence-electron chi connectivity index (χ4n) is 3.34. The molecule has 0 unspecified atom stereocenters. The van der Waals surface area contributed by atoms with E-state index in [0.29, 0.717) is 5.92 Å². The number of thiophene rings is 1. The van der Waals surface area contributed by atoms with Crippen LogP contribution in [0.25, 0.3) is 0 Å². The van der Waals surface area contributed by atoms with Gasteiger partial charge in [0, 0.05) is 41.9 Å². The predicted octanol–water partition coefficient (Wildman–Crippen LogP) is 2.65. The molecule has 2 aromatic heterocycles. The molecular weight excluding hydrogens is 414 g/mol. The first-order chi connectivity index (χ1) is 11.2. The molecule has 0 saturated carbocycles. The van der Waals surface area contributed by atoms with Gasteiger partial charge >= 0.3 is 0 Å². The number of rotatable bonds is 2. The molecule has 1 N–H and O–H groups in total. The number of nitrogens with zero attached hydrogens (tertiary/aromatic N) is 4. The zero-order valence-electron chi connectivity index (χ0n) is 13.1. The number of hydrogen-bond donors (Lipinski definition) is 1. The van der Waals surface area contributed by atoms with Crippen LogP contribution < -0.4 is 5.32 Å². The van der Waals surface area contributed by atoms with Crippen molar-refractivity contribution in [2.45, 2.75) is 31.8 Å². The first-order valence-corrected chi connectivity index (χ1v) is 9.55. The van der Waals surface area contributed by atoms with Crippen molar-refractivity contribution in [1.82, 2.24) is 25.0 Å². The van der Waals surface area contributed by atoms with Crippen LogP contribution in [0.3, 0.4) is 0 Å². The molecule has 0 aromatic carbocycles. The molecule has 1 saturated heterocycles. The van der Waals surface area contributed by atoms with E-state index >= 15 is 0 Å². The van der Waals surface area contributed by atoms with Crippen LogP contribution in [-0.4, -0.2) is 45.2 Å². The van der Waals surface area contributed by atoms with E-state index in [1.165, 1.54) is 11.3 Å². The van der Waals surface area contributed by atoms with Crippen molar-refractivity contribution in [3.05, 3.63) is 32.4 Å². The highest BCUT2D eigenvalue weighted by Gasteiger charge is 2.29. The van der Waals surface area contributed by atoms with E-state index in [1.54, 1.807) is 0 Å². The number of likely N-dealkylation sites (tertiary alicyclic amines) is 1. The van der Waals surface area contributed by atoms with Crippen LogP contribution in [0.2, 0.25) is 0 Å². The maximum atomic E-state index is 12.5. The number of carbonyl (C=O) groups excluding carboxylic acids is 1. The highest BCUT2D eigenvalue weighted by atomic mass is 79.9. The maximum absolute atomic E-state index is 12.5. The van der Waals surface area contributed by atoms with Gasteiger partial charge in [0.15, 0.2) is 0 Å². The molecule has 9 heteroatoms. The minimum atomic E-state index is 0. The zero-order valence-corrected chi connectivity index (χ0v) is 16.3. The molecule has 1 fully saturated rings. The summed E-state index contributed by atoms with van der Waals surface area (Å²) in [4.78, 5) is 15.3. The monoisotopic (exact) mass is 431 g/mol. The lowest BCUT2D eigenvalue weighted by Crippen LogP contribution is -2.38. The van der Waals surface area contributed by atoms with Gasteiger partial charge in [-0.2, -0.15) is 0 Å². The number of halogens is 2. The SMILES string of the molecule is Cl.O=C(c1cc(Br)cs1)N1CCC(c2nnc3n2CCNC3)CC1. The smallest absolute Gasteiger partial charge is 0.263 e. The summed E-state index contributed by atoms with van der Waals surface area (Å²) in [6, 6.07) is 1.90. The van der Waals surface area contributed by atoms with Crippen LogP contribution in [-0.2, 0) is 13.1 Å². The second-order valence-corrected chi connectivity index (χ2v) is 7.83. The second-order valence-electron chi connectivity index (χ2n) is 6.00. The van der Waals surface area contributed by atoms with Crippen molar-refractivity contribution in [2.75, 3.05) is 19.6 Å². The van der Waals surface area contributed by atoms with Gasteiger partial charge in [-0.05, 0) is 34.8 Å². The van der Waals surface area contributed by atoms with Crippen molar-refractivity contribution >= 4 is 45.6 Å². The summed E-state index contributed by atoms with van der Waals surface area (Å²) in [6.07, 6.45) is 1.92. The van der Waals surface area contributed by atoms with Gasteiger partial charge in [0.2, 0.25) is 0 Å². The standard InChI is InChI=1S/C15H18BrN5OS.ClH/c16-11-7-12(23-9-11)15(22)20-4-1-10(2-5-20)14-19-18-13-8-17-3-6-21(13)14;/h7,9-10,17H,1-6,8H2;1H. The molecule has 130 valence electrons. The van der Waals surface area contributed by atoms with Crippen molar-refractivity contribution in [3.63, 3.8) is 0 Å². The molecule has 2 aromatic rings. The van der Waals surface area contributed by atoms with Crippen LogP contribution in [0.5, 0.6) is 0 Å². The van der Waals surface area contributed by atoms with E-state index in [2.05, 4.69) is 36.0 Å². The summed E-state index contributed by atoms with van der Waals surface area (Å²) in [5.41, 5.74) is 0. The lowest BCUT2D eigenvalue weighted by molar-refractivity contribution is 0.0715. The Labute approximate surface area is 159 Å². The molecule has 4 heterocycles. The second kappa shape index (κ2) is 7.51. The average Bonchev–Trinajstić information content (AvgIpc) is 3.21. The number of hydrogen-bond acceptors (Lipinski definition) is 5. The van der Waals surface area contributed by atoms with Gasteiger partial charge in [0.25, 0.3) is 5.91 Å². The van der Waals surface area contributed by atoms with Crippen molar-refractivity contribution in [2.24, 2.45) is 0 Å². The van der Waals surface area contributed by atoms with Crippen LogP contribution in [0.4, 0.5) is 0 Å². The molecule has 6 nitrogen and oxygen atoms in total. The Kier molecular flexibility index (Phi) is 5.59. The first-order valence-electron chi connectivity index (χ1n) is 7.88. The van der Waals surface area contributed by atoms with Gasteiger partial charge in [-0.3, -0.25) is 4.79 Å². The largest absolute Gasteiger partial charge is 0.338 e. The van der Waals surface area contributed by atoms with Gasteiger partial charge in [-0.15, -0.1) is 33.9 Å². The molecule has 2 aliphatic heterocycles. The Hall–Kier alpha value is -0.960. The molecule has 0 atom stereocenters. The highest BCUT2D eigenvalue weighted by Crippen LogP contribution is 2.29. The Morgan fingerprint density at radius 1 is 1.29 bits per heavy atom. The number of piperidine rings is 1. The molecule has 0 bridgehead atoms. The Bertz CT molecular complexity index is 725. The summed E-state index contributed by atoms with van der Waals surface area (Å²) in [5, 5.41) is 14.0.